The molecular formula is C38H41N3O4. The number of nitrogens with zero attached hydrogens (tertiary/aromatic N) is 3. The maximum Gasteiger partial charge on any atom is 0.258 e. The number of anilines is 1. The Hall–Kier alpha value is -4.78. The van der Waals surface area contributed by atoms with Crippen molar-refractivity contribution in [1.82, 2.24) is 9.47 Å². The van der Waals surface area contributed by atoms with Gasteiger partial charge in [0.15, 0.2) is 11.5 Å². The highest BCUT2D eigenvalue weighted by Gasteiger charge is 2.38. The number of carbonyl (C=O) groups is 2. The molecule has 232 valence electrons. The average Bonchev–Trinajstić information content (AvgIpc) is 3.41. The summed E-state index contributed by atoms with van der Waals surface area (Å²) in [6.07, 6.45) is 4.50. The fourth-order valence-electron chi connectivity index (χ4n) is 6.90. The fourth-order valence-corrected chi connectivity index (χ4v) is 6.90. The number of aromatic nitrogens is 1. The van der Waals surface area contributed by atoms with Crippen molar-refractivity contribution < 1.29 is 19.1 Å². The number of unbranched alkanes of at least 4 members (excludes halogenated alkanes) is 2. The van der Waals surface area contributed by atoms with Crippen molar-refractivity contribution in [2.45, 2.75) is 51.1 Å². The predicted octanol–water partition coefficient (Wildman–Crippen LogP) is 7.86. The van der Waals surface area contributed by atoms with Crippen molar-refractivity contribution >= 4 is 39.3 Å². The number of ether oxygens (including phenoxy) is 2. The Bertz CT molecular complexity index is 1790. The SMILES string of the molecule is COc1ccc(C(=O)N2c3ccccc3C(n3c4ccccc4c4ccccc43)CC2CCCCCN(C)C(C)=O)cc1OC. The first kappa shape index (κ1) is 30.3. The van der Waals surface area contributed by atoms with Gasteiger partial charge in [-0.25, -0.2) is 0 Å². The second-order valence-electron chi connectivity index (χ2n) is 11.9. The van der Waals surface area contributed by atoms with Crippen LogP contribution in [0.25, 0.3) is 21.8 Å². The van der Waals surface area contributed by atoms with Crippen LogP contribution in [0.4, 0.5) is 5.69 Å². The van der Waals surface area contributed by atoms with Crippen LogP contribution in [-0.2, 0) is 4.79 Å². The van der Waals surface area contributed by atoms with Crippen molar-refractivity contribution in [1.29, 1.82) is 0 Å². The largest absolute Gasteiger partial charge is 0.493 e. The van der Waals surface area contributed by atoms with E-state index in [-0.39, 0.29) is 23.9 Å². The van der Waals surface area contributed by atoms with Gasteiger partial charge < -0.3 is 23.8 Å². The molecule has 45 heavy (non-hydrogen) atoms. The van der Waals surface area contributed by atoms with Gasteiger partial charge in [-0.2, -0.15) is 0 Å². The van der Waals surface area contributed by atoms with E-state index < -0.39 is 0 Å². The fraction of sp³-hybridized carbons (Fsp3) is 0.316. The number of hydrogen-bond acceptors (Lipinski definition) is 4. The Balaban J connectivity index is 1.42. The molecule has 0 saturated carbocycles. The lowest BCUT2D eigenvalue weighted by Gasteiger charge is -2.42. The minimum Gasteiger partial charge on any atom is -0.493 e. The Morgan fingerprint density at radius 1 is 0.800 bits per heavy atom. The van der Waals surface area contributed by atoms with Crippen molar-refractivity contribution in [3.63, 3.8) is 0 Å². The van der Waals surface area contributed by atoms with Crippen molar-refractivity contribution in [2.75, 3.05) is 32.7 Å². The van der Waals surface area contributed by atoms with E-state index in [1.807, 2.05) is 24.1 Å². The summed E-state index contributed by atoms with van der Waals surface area (Å²) in [7, 11) is 5.03. The quantitative estimate of drug-likeness (QED) is 0.153. The molecule has 0 spiro atoms. The molecule has 0 fully saturated rings. The molecule has 0 N–H and O–H groups in total. The zero-order chi connectivity index (χ0) is 31.5. The minimum atomic E-state index is -0.0506. The molecule has 1 aliphatic heterocycles. The molecule has 7 nitrogen and oxygen atoms in total. The summed E-state index contributed by atoms with van der Waals surface area (Å²) < 4.78 is 13.5. The highest BCUT2D eigenvalue weighted by molar-refractivity contribution is 6.09. The monoisotopic (exact) mass is 603 g/mol. The summed E-state index contributed by atoms with van der Waals surface area (Å²) in [6.45, 7) is 2.34. The number of amides is 2. The van der Waals surface area contributed by atoms with Crippen molar-refractivity contribution in [3.05, 3.63) is 102 Å². The summed E-state index contributed by atoms with van der Waals surface area (Å²) in [6, 6.07) is 31.0. The van der Waals surface area contributed by atoms with Crippen LogP contribution in [0.2, 0.25) is 0 Å². The zero-order valence-electron chi connectivity index (χ0n) is 26.5. The summed E-state index contributed by atoms with van der Waals surface area (Å²) in [5.74, 6) is 1.15. The molecular weight excluding hydrogens is 562 g/mol. The van der Waals surface area contributed by atoms with Crippen LogP contribution >= 0.6 is 0 Å². The van der Waals surface area contributed by atoms with Gasteiger partial charge in [-0.1, -0.05) is 67.4 Å². The molecule has 2 unspecified atom stereocenters. The molecule has 2 amide bonds. The first-order valence-corrected chi connectivity index (χ1v) is 15.8. The standard InChI is InChI=1S/C38H41N3O4/c1-26(42)39(2)23-13-5-6-14-28-25-35(41-32-18-10-7-15-29(32)30-16-8-11-19-33(30)41)31-17-9-12-20-34(31)40(28)38(43)27-21-22-36(44-3)37(24-27)45-4/h7-12,15-22,24,28,35H,5-6,13-14,23,25H2,1-4H3. The van der Waals surface area contributed by atoms with E-state index in [1.54, 1.807) is 38.2 Å². The van der Waals surface area contributed by atoms with E-state index in [1.165, 1.54) is 21.8 Å². The van der Waals surface area contributed by atoms with Gasteiger partial charge >= 0.3 is 0 Å². The van der Waals surface area contributed by atoms with Gasteiger partial charge in [0.2, 0.25) is 5.91 Å². The smallest absolute Gasteiger partial charge is 0.258 e. The topological polar surface area (TPSA) is 64.0 Å². The molecule has 2 heterocycles. The van der Waals surface area contributed by atoms with Gasteiger partial charge in [0.25, 0.3) is 5.91 Å². The maximum atomic E-state index is 14.5. The normalized spacial score (nSPS) is 16.0. The highest BCUT2D eigenvalue weighted by Crippen LogP contribution is 2.45. The average molecular weight is 604 g/mol. The summed E-state index contributed by atoms with van der Waals surface area (Å²) in [5, 5.41) is 2.47. The molecule has 1 aromatic heterocycles. The van der Waals surface area contributed by atoms with Crippen LogP contribution in [0, 0.1) is 0 Å². The summed E-state index contributed by atoms with van der Waals surface area (Å²) in [4.78, 5) is 30.0. The number of carbonyl (C=O) groups excluding carboxylic acids is 2. The molecule has 0 saturated heterocycles. The van der Waals surface area contributed by atoms with Crippen molar-refractivity contribution in [3.8, 4) is 11.5 Å². The molecule has 1 aliphatic rings. The first-order chi connectivity index (χ1) is 21.9. The number of methoxy groups -OCH3 is 2. The summed E-state index contributed by atoms with van der Waals surface area (Å²) in [5.41, 5.74) is 5.04. The molecule has 2 atom stereocenters. The lowest BCUT2D eigenvalue weighted by Crippen LogP contribution is -2.46. The molecule has 6 rings (SSSR count). The van der Waals surface area contributed by atoms with Gasteiger partial charge in [-0.15, -0.1) is 0 Å². The molecule has 7 heteroatoms. The van der Waals surface area contributed by atoms with Gasteiger partial charge in [-0.05, 0) is 61.2 Å². The van der Waals surface area contributed by atoms with Crippen molar-refractivity contribution in [2.24, 2.45) is 0 Å². The zero-order valence-corrected chi connectivity index (χ0v) is 26.5. The third kappa shape index (κ3) is 5.75. The minimum absolute atomic E-state index is 0.0315. The van der Waals surface area contributed by atoms with E-state index in [0.717, 1.165) is 49.9 Å². The highest BCUT2D eigenvalue weighted by atomic mass is 16.5. The van der Waals surface area contributed by atoms with E-state index in [9.17, 15) is 9.59 Å². The molecule has 0 bridgehead atoms. The van der Waals surface area contributed by atoms with E-state index in [4.69, 9.17) is 9.47 Å². The van der Waals surface area contributed by atoms with Crippen LogP contribution < -0.4 is 14.4 Å². The number of fused-ring (bicyclic) bond motifs is 4. The Morgan fingerprint density at radius 2 is 1.44 bits per heavy atom. The Kier molecular flexibility index (Phi) is 8.78. The van der Waals surface area contributed by atoms with Crippen LogP contribution in [0.5, 0.6) is 11.5 Å². The second kappa shape index (κ2) is 13.1. The number of hydrogen-bond donors (Lipinski definition) is 0. The summed E-state index contributed by atoms with van der Waals surface area (Å²) >= 11 is 0. The Labute approximate surface area is 265 Å². The predicted molar refractivity (Wildman–Crippen MR) is 181 cm³/mol. The molecule has 0 radical (unpaired) electrons. The second-order valence-corrected chi connectivity index (χ2v) is 11.9. The van der Waals surface area contributed by atoms with Crippen LogP contribution in [-0.4, -0.2) is 55.1 Å². The molecule has 5 aromatic rings. The third-order valence-corrected chi connectivity index (χ3v) is 9.26. The van der Waals surface area contributed by atoms with E-state index in [0.29, 0.717) is 17.1 Å². The van der Waals surface area contributed by atoms with Crippen LogP contribution in [0.3, 0.4) is 0 Å². The van der Waals surface area contributed by atoms with E-state index in [2.05, 4.69) is 71.3 Å². The maximum absolute atomic E-state index is 14.5. The van der Waals surface area contributed by atoms with Crippen LogP contribution in [0.15, 0.2) is 91.0 Å². The third-order valence-electron chi connectivity index (χ3n) is 9.26. The van der Waals surface area contributed by atoms with Gasteiger partial charge in [0.05, 0.1) is 20.3 Å². The Morgan fingerprint density at radius 3 is 2.11 bits per heavy atom. The molecule has 4 aromatic carbocycles. The number of para-hydroxylation sites is 3. The van der Waals surface area contributed by atoms with Gasteiger partial charge in [0.1, 0.15) is 0 Å². The first-order valence-electron chi connectivity index (χ1n) is 15.8. The van der Waals surface area contributed by atoms with Gasteiger partial charge in [-0.3, -0.25) is 9.59 Å². The number of benzene rings is 4. The van der Waals surface area contributed by atoms with E-state index >= 15 is 0 Å². The van der Waals surface area contributed by atoms with Gasteiger partial charge in [0, 0.05) is 59.6 Å². The van der Waals surface area contributed by atoms with Crippen LogP contribution in [0.1, 0.15) is 61.0 Å². The number of rotatable bonds is 10. The lowest BCUT2D eigenvalue weighted by molar-refractivity contribution is -0.127. The molecule has 0 aliphatic carbocycles. The lowest BCUT2D eigenvalue weighted by atomic mass is 9.87.